The number of alkyl halides is 1. The van der Waals surface area contributed by atoms with E-state index < -0.39 is 0 Å². The lowest BCUT2D eigenvalue weighted by atomic mass is 10.2. The third kappa shape index (κ3) is 1.94. The van der Waals surface area contributed by atoms with Crippen LogP contribution in [-0.2, 0) is 5.88 Å². The van der Waals surface area contributed by atoms with Crippen LogP contribution in [0.2, 0.25) is 15.1 Å². The van der Waals surface area contributed by atoms with Crippen LogP contribution in [0.25, 0.3) is 0 Å². The van der Waals surface area contributed by atoms with E-state index in [9.17, 15) is 0 Å². The molecule has 0 fully saturated rings. The van der Waals surface area contributed by atoms with E-state index in [2.05, 4.69) is 0 Å². The fourth-order valence-electron chi connectivity index (χ4n) is 0.692. The van der Waals surface area contributed by atoms with Crippen molar-refractivity contribution >= 4 is 46.4 Å². The SMILES string of the molecule is ClCc1c(Cl)ccc(Cl)c1Cl. The fraction of sp³-hybridized carbons (Fsp3) is 0.143. The van der Waals surface area contributed by atoms with E-state index >= 15 is 0 Å². The van der Waals surface area contributed by atoms with Gasteiger partial charge in [-0.3, -0.25) is 0 Å². The van der Waals surface area contributed by atoms with Gasteiger partial charge in [0.15, 0.2) is 0 Å². The zero-order valence-electron chi connectivity index (χ0n) is 5.37. The van der Waals surface area contributed by atoms with E-state index in [1.807, 2.05) is 0 Å². The Balaban J connectivity index is 3.29. The summed E-state index contributed by atoms with van der Waals surface area (Å²) in [7, 11) is 0. The monoisotopic (exact) mass is 228 g/mol. The van der Waals surface area contributed by atoms with Gasteiger partial charge in [-0.25, -0.2) is 0 Å². The van der Waals surface area contributed by atoms with Crippen molar-refractivity contribution in [3.63, 3.8) is 0 Å². The van der Waals surface area contributed by atoms with Crippen LogP contribution in [0.15, 0.2) is 12.1 Å². The summed E-state index contributed by atoms with van der Waals surface area (Å²) in [6, 6.07) is 3.32. The molecule has 0 spiro atoms. The van der Waals surface area contributed by atoms with Gasteiger partial charge in [0, 0.05) is 10.6 Å². The molecule has 0 nitrogen and oxygen atoms in total. The Morgan fingerprint density at radius 2 is 1.55 bits per heavy atom. The second-order valence-corrected chi connectivity index (χ2v) is 3.42. The topological polar surface area (TPSA) is 0 Å². The second kappa shape index (κ2) is 3.86. The third-order valence-electron chi connectivity index (χ3n) is 1.27. The molecule has 0 atom stereocenters. The van der Waals surface area contributed by atoms with Gasteiger partial charge in [0.25, 0.3) is 0 Å². The van der Waals surface area contributed by atoms with Crippen molar-refractivity contribution in [1.29, 1.82) is 0 Å². The third-order valence-corrected chi connectivity index (χ3v) is 2.74. The molecule has 0 aliphatic heterocycles. The van der Waals surface area contributed by atoms with Crippen molar-refractivity contribution in [1.82, 2.24) is 0 Å². The van der Waals surface area contributed by atoms with Gasteiger partial charge >= 0.3 is 0 Å². The maximum atomic E-state index is 5.80. The minimum atomic E-state index is 0.276. The van der Waals surface area contributed by atoms with E-state index in [0.717, 1.165) is 0 Å². The standard InChI is InChI=1S/C7H4Cl4/c8-3-4-5(9)1-2-6(10)7(4)11/h1-2H,3H2. The van der Waals surface area contributed by atoms with Crippen molar-refractivity contribution in [2.75, 3.05) is 0 Å². The summed E-state index contributed by atoms with van der Waals surface area (Å²) in [6.07, 6.45) is 0. The number of halogens is 4. The number of benzene rings is 1. The molecule has 0 radical (unpaired) electrons. The molecular weight excluding hydrogens is 226 g/mol. The van der Waals surface area contributed by atoms with Gasteiger partial charge in [-0.15, -0.1) is 11.6 Å². The largest absolute Gasteiger partial charge is 0.121 e. The van der Waals surface area contributed by atoms with E-state index in [1.165, 1.54) is 0 Å². The first-order valence-corrected chi connectivity index (χ1v) is 4.52. The van der Waals surface area contributed by atoms with Crippen LogP contribution in [0.4, 0.5) is 0 Å². The van der Waals surface area contributed by atoms with Gasteiger partial charge in [-0.1, -0.05) is 34.8 Å². The average Bonchev–Trinajstić information content (AvgIpc) is 1.99. The van der Waals surface area contributed by atoms with Gasteiger partial charge in [-0.2, -0.15) is 0 Å². The van der Waals surface area contributed by atoms with Crippen molar-refractivity contribution in [3.05, 3.63) is 32.8 Å². The summed E-state index contributed by atoms with van der Waals surface area (Å²) in [6.45, 7) is 0. The van der Waals surface area contributed by atoms with Gasteiger partial charge in [-0.05, 0) is 12.1 Å². The molecule has 0 N–H and O–H groups in total. The predicted molar refractivity (Wildman–Crippen MR) is 51.0 cm³/mol. The summed E-state index contributed by atoms with van der Waals surface area (Å²) in [5.74, 6) is 0.276. The Hall–Kier alpha value is 0.380. The first-order valence-electron chi connectivity index (χ1n) is 2.85. The predicted octanol–water partition coefficient (Wildman–Crippen LogP) is 4.39. The number of hydrogen-bond acceptors (Lipinski definition) is 0. The smallest absolute Gasteiger partial charge is 0.0651 e. The molecular formula is C7H4Cl4. The highest BCUT2D eigenvalue weighted by atomic mass is 35.5. The molecule has 1 aromatic carbocycles. The molecule has 0 amide bonds. The summed E-state index contributed by atoms with van der Waals surface area (Å²) in [4.78, 5) is 0. The van der Waals surface area contributed by atoms with Gasteiger partial charge < -0.3 is 0 Å². The summed E-state index contributed by atoms with van der Waals surface area (Å²) < 4.78 is 0. The molecule has 60 valence electrons. The van der Waals surface area contributed by atoms with Crippen molar-refractivity contribution in [2.45, 2.75) is 5.88 Å². The lowest BCUT2D eigenvalue weighted by Gasteiger charge is -2.03. The lowest BCUT2D eigenvalue weighted by molar-refractivity contribution is 1.40. The Morgan fingerprint density at radius 1 is 1.00 bits per heavy atom. The maximum Gasteiger partial charge on any atom is 0.0651 e. The van der Waals surface area contributed by atoms with Crippen LogP contribution in [0.3, 0.4) is 0 Å². The molecule has 4 heteroatoms. The highest BCUT2D eigenvalue weighted by Crippen LogP contribution is 2.32. The molecule has 0 unspecified atom stereocenters. The first-order chi connectivity index (χ1) is 5.16. The summed E-state index contributed by atoms with van der Waals surface area (Å²) in [5.41, 5.74) is 0.683. The van der Waals surface area contributed by atoms with E-state index in [0.29, 0.717) is 20.6 Å². The number of hydrogen-bond donors (Lipinski definition) is 0. The van der Waals surface area contributed by atoms with Crippen LogP contribution >= 0.6 is 46.4 Å². The molecule has 0 aliphatic carbocycles. The molecule has 0 heterocycles. The molecule has 0 aromatic heterocycles. The van der Waals surface area contributed by atoms with E-state index in [1.54, 1.807) is 12.1 Å². The van der Waals surface area contributed by atoms with Gasteiger partial charge in [0.05, 0.1) is 15.9 Å². The number of rotatable bonds is 1. The second-order valence-electron chi connectivity index (χ2n) is 1.96. The van der Waals surface area contributed by atoms with Crippen LogP contribution in [0.1, 0.15) is 5.56 Å². The minimum Gasteiger partial charge on any atom is -0.121 e. The van der Waals surface area contributed by atoms with E-state index in [4.69, 9.17) is 46.4 Å². The van der Waals surface area contributed by atoms with Crippen molar-refractivity contribution in [2.24, 2.45) is 0 Å². The molecule has 0 saturated carbocycles. The average molecular weight is 230 g/mol. The van der Waals surface area contributed by atoms with Gasteiger partial charge in [0.2, 0.25) is 0 Å². The molecule has 1 rings (SSSR count). The zero-order chi connectivity index (χ0) is 8.43. The van der Waals surface area contributed by atoms with Crippen LogP contribution < -0.4 is 0 Å². The Morgan fingerprint density at radius 3 is 2.00 bits per heavy atom. The van der Waals surface area contributed by atoms with Crippen molar-refractivity contribution in [3.8, 4) is 0 Å². The summed E-state index contributed by atoms with van der Waals surface area (Å²) >= 11 is 22.9. The normalized spacial score (nSPS) is 10.2. The fourth-order valence-corrected chi connectivity index (χ4v) is 1.79. The Bertz CT molecular complexity index is 269. The molecule has 0 bridgehead atoms. The molecule has 1 aromatic rings. The zero-order valence-corrected chi connectivity index (χ0v) is 8.40. The highest BCUT2D eigenvalue weighted by Gasteiger charge is 2.07. The molecule has 0 aliphatic rings. The minimum absolute atomic E-state index is 0.276. The Kier molecular flexibility index (Phi) is 3.32. The highest BCUT2D eigenvalue weighted by molar-refractivity contribution is 6.44. The first kappa shape index (κ1) is 9.47. The maximum absolute atomic E-state index is 5.80. The van der Waals surface area contributed by atoms with Crippen LogP contribution in [0.5, 0.6) is 0 Å². The molecule has 11 heavy (non-hydrogen) atoms. The summed E-state index contributed by atoms with van der Waals surface area (Å²) in [5, 5.41) is 1.47. The van der Waals surface area contributed by atoms with Crippen molar-refractivity contribution < 1.29 is 0 Å². The van der Waals surface area contributed by atoms with E-state index in [-0.39, 0.29) is 5.88 Å². The van der Waals surface area contributed by atoms with Crippen LogP contribution in [-0.4, -0.2) is 0 Å². The van der Waals surface area contributed by atoms with Gasteiger partial charge in [0.1, 0.15) is 0 Å². The molecule has 0 saturated heterocycles. The quantitative estimate of drug-likeness (QED) is 0.495. The van der Waals surface area contributed by atoms with Crippen LogP contribution in [0, 0.1) is 0 Å². The Labute approximate surface area is 85.0 Å². The lowest BCUT2D eigenvalue weighted by Crippen LogP contribution is -1.82.